The number of carbonyl (C=O) groups is 2. The number of likely N-dealkylation sites (tertiary alicyclic amines) is 1. The Morgan fingerprint density at radius 2 is 1.96 bits per heavy atom. The highest BCUT2D eigenvalue weighted by Crippen LogP contribution is 2.15. The fourth-order valence-electron chi connectivity index (χ4n) is 2.88. The lowest BCUT2D eigenvalue weighted by atomic mass is 9.99. The van der Waals surface area contributed by atoms with Crippen LogP contribution in [0.15, 0.2) is 24.3 Å². The highest BCUT2D eigenvalue weighted by Gasteiger charge is 2.15. The zero-order valence-corrected chi connectivity index (χ0v) is 15.5. The Labute approximate surface area is 150 Å². The SMILES string of the molecule is CC1CCN(CCNC(=O)c2cccc(NC(=O)NC(C)C)c2)CC1. The Morgan fingerprint density at radius 3 is 2.64 bits per heavy atom. The molecule has 6 heteroatoms. The lowest BCUT2D eigenvalue weighted by molar-refractivity contribution is 0.0944. The summed E-state index contributed by atoms with van der Waals surface area (Å²) in [5.74, 6) is 0.701. The average Bonchev–Trinajstić information content (AvgIpc) is 2.56. The normalized spacial score (nSPS) is 15.8. The van der Waals surface area contributed by atoms with Crippen LogP contribution in [0.2, 0.25) is 0 Å². The summed E-state index contributed by atoms with van der Waals surface area (Å²) in [5, 5.41) is 8.46. The number of nitrogens with zero attached hydrogens (tertiary/aromatic N) is 1. The minimum atomic E-state index is -0.271. The van der Waals surface area contributed by atoms with Crippen LogP contribution in [0, 0.1) is 5.92 Å². The van der Waals surface area contributed by atoms with E-state index in [1.807, 2.05) is 13.8 Å². The zero-order valence-electron chi connectivity index (χ0n) is 15.5. The van der Waals surface area contributed by atoms with Crippen LogP contribution in [0.1, 0.15) is 44.0 Å². The molecule has 138 valence electrons. The van der Waals surface area contributed by atoms with Gasteiger partial charge in [0.15, 0.2) is 0 Å². The van der Waals surface area contributed by atoms with Gasteiger partial charge < -0.3 is 20.9 Å². The Hall–Kier alpha value is -2.08. The van der Waals surface area contributed by atoms with Gasteiger partial charge in [0.25, 0.3) is 5.91 Å². The predicted molar refractivity (Wildman–Crippen MR) is 101 cm³/mol. The molecule has 0 radical (unpaired) electrons. The third-order valence-electron chi connectivity index (χ3n) is 4.39. The minimum Gasteiger partial charge on any atom is -0.351 e. The summed E-state index contributed by atoms with van der Waals surface area (Å²) in [6.45, 7) is 9.83. The molecule has 3 amide bonds. The molecule has 1 aromatic rings. The first-order valence-electron chi connectivity index (χ1n) is 9.12. The van der Waals surface area contributed by atoms with Gasteiger partial charge in [0, 0.05) is 30.4 Å². The molecule has 6 nitrogen and oxygen atoms in total. The van der Waals surface area contributed by atoms with Crippen molar-refractivity contribution in [3.8, 4) is 0 Å². The van der Waals surface area contributed by atoms with Crippen molar-refractivity contribution >= 4 is 17.6 Å². The van der Waals surface area contributed by atoms with Gasteiger partial charge in [-0.15, -0.1) is 0 Å². The summed E-state index contributed by atoms with van der Waals surface area (Å²) >= 11 is 0. The van der Waals surface area contributed by atoms with Crippen LogP contribution < -0.4 is 16.0 Å². The number of nitrogens with one attached hydrogen (secondary N) is 3. The summed E-state index contributed by atoms with van der Waals surface area (Å²) in [5.41, 5.74) is 1.16. The number of piperidine rings is 1. The van der Waals surface area contributed by atoms with Gasteiger partial charge >= 0.3 is 6.03 Å². The number of urea groups is 1. The number of carbonyl (C=O) groups excluding carboxylic acids is 2. The first kappa shape index (κ1) is 19.2. The summed E-state index contributed by atoms with van der Waals surface area (Å²) < 4.78 is 0. The Bertz CT molecular complexity index is 581. The van der Waals surface area contributed by atoms with E-state index in [-0.39, 0.29) is 18.0 Å². The zero-order chi connectivity index (χ0) is 18.2. The molecule has 1 aromatic carbocycles. The second kappa shape index (κ2) is 9.42. The number of benzene rings is 1. The number of hydrogen-bond acceptors (Lipinski definition) is 3. The van der Waals surface area contributed by atoms with Crippen LogP contribution in [0.5, 0.6) is 0 Å². The van der Waals surface area contributed by atoms with E-state index in [1.165, 1.54) is 12.8 Å². The van der Waals surface area contributed by atoms with E-state index < -0.39 is 0 Å². The van der Waals surface area contributed by atoms with Crippen LogP contribution in [0.25, 0.3) is 0 Å². The maximum Gasteiger partial charge on any atom is 0.319 e. The van der Waals surface area contributed by atoms with E-state index in [4.69, 9.17) is 0 Å². The molecular weight excluding hydrogens is 316 g/mol. The quantitative estimate of drug-likeness (QED) is 0.741. The molecular formula is C19H30N4O2. The van der Waals surface area contributed by atoms with Crippen molar-refractivity contribution in [2.75, 3.05) is 31.5 Å². The Kier molecular flexibility index (Phi) is 7.25. The number of rotatable bonds is 6. The fraction of sp³-hybridized carbons (Fsp3) is 0.579. The highest BCUT2D eigenvalue weighted by atomic mass is 16.2. The van der Waals surface area contributed by atoms with E-state index >= 15 is 0 Å². The van der Waals surface area contributed by atoms with Crippen molar-refractivity contribution < 1.29 is 9.59 Å². The lowest BCUT2D eigenvalue weighted by Gasteiger charge is -2.30. The van der Waals surface area contributed by atoms with Crippen molar-refractivity contribution in [3.63, 3.8) is 0 Å². The van der Waals surface area contributed by atoms with E-state index in [0.29, 0.717) is 17.8 Å². The second-order valence-electron chi connectivity index (χ2n) is 7.11. The number of anilines is 1. The molecule has 1 aliphatic heterocycles. The van der Waals surface area contributed by atoms with Crippen LogP contribution in [0.4, 0.5) is 10.5 Å². The van der Waals surface area contributed by atoms with Crippen molar-refractivity contribution in [2.24, 2.45) is 5.92 Å². The van der Waals surface area contributed by atoms with Crippen molar-refractivity contribution in [3.05, 3.63) is 29.8 Å². The maximum absolute atomic E-state index is 12.3. The average molecular weight is 346 g/mol. The standard InChI is InChI=1S/C19H30N4O2/c1-14(2)21-19(25)22-17-6-4-5-16(13-17)18(24)20-9-12-23-10-7-15(3)8-11-23/h4-6,13-15H,7-12H2,1-3H3,(H,20,24)(H2,21,22,25). The number of amides is 3. The van der Waals surface area contributed by atoms with E-state index in [0.717, 1.165) is 25.6 Å². The maximum atomic E-state index is 12.3. The summed E-state index contributed by atoms with van der Waals surface area (Å²) in [6.07, 6.45) is 2.47. The molecule has 1 fully saturated rings. The van der Waals surface area contributed by atoms with Gasteiger partial charge in [-0.2, -0.15) is 0 Å². The van der Waals surface area contributed by atoms with Gasteiger partial charge in [0.05, 0.1) is 0 Å². The molecule has 0 aromatic heterocycles. The summed E-state index contributed by atoms with van der Waals surface area (Å²) in [6, 6.07) is 6.77. The second-order valence-corrected chi connectivity index (χ2v) is 7.11. The third-order valence-corrected chi connectivity index (χ3v) is 4.39. The monoisotopic (exact) mass is 346 g/mol. The molecule has 1 heterocycles. The highest BCUT2D eigenvalue weighted by molar-refractivity contribution is 5.96. The largest absolute Gasteiger partial charge is 0.351 e. The van der Waals surface area contributed by atoms with Crippen LogP contribution in [-0.2, 0) is 0 Å². The third kappa shape index (κ3) is 6.74. The van der Waals surface area contributed by atoms with Crippen LogP contribution in [0.3, 0.4) is 0 Å². The topological polar surface area (TPSA) is 73.5 Å². The molecule has 0 saturated carbocycles. The summed E-state index contributed by atoms with van der Waals surface area (Å²) in [4.78, 5) is 26.4. The molecule has 0 unspecified atom stereocenters. The van der Waals surface area contributed by atoms with Gasteiger partial charge in [0.2, 0.25) is 0 Å². The lowest BCUT2D eigenvalue weighted by Crippen LogP contribution is -2.39. The number of hydrogen-bond donors (Lipinski definition) is 3. The fourth-order valence-corrected chi connectivity index (χ4v) is 2.88. The molecule has 2 rings (SSSR count). The molecule has 25 heavy (non-hydrogen) atoms. The smallest absolute Gasteiger partial charge is 0.319 e. The predicted octanol–water partition coefficient (Wildman–Crippen LogP) is 2.68. The molecule has 1 aliphatic rings. The molecule has 0 spiro atoms. The van der Waals surface area contributed by atoms with Crippen molar-refractivity contribution in [2.45, 2.75) is 39.7 Å². The first-order chi connectivity index (χ1) is 11.9. The minimum absolute atomic E-state index is 0.0595. The molecule has 0 bridgehead atoms. The van der Waals surface area contributed by atoms with Gasteiger partial charge in [-0.3, -0.25) is 4.79 Å². The van der Waals surface area contributed by atoms with Gasteiger partial charge in [-0.25, -0.2) is 4.79 Å². The summed E-state index contributed by atoms with van der Waals surface area (Å²) in [7, 11) is 0. The van der Waals surface area contributed by atoms with Crippen LogP contribution in [-0.4, -0.2) is 49.1 Å². The van der Waals surface area contributed by atoms with Gasteiger partial charge in [0.1, 0.15) is 0 Å². The van der Waals surface area contributed by atoms with Gasteiger partial charge in [-0.1, -0.05) is 13.0 Å². The van der Waals surface area contributed by atoms with Crippen LogP contribution >= 0.6 is 0 Å². The Morgan fingerprint density at radius 1 is 1.24 bits per heavy atom. The van der Waals surface area contributed by atoms with Crippen molar-refractivity contribution in [1.82, 2.24) is 15.5 Å². The molecule has 1 saturated heterocycles. The van der Waals surface area contributed by atoms with E-state index in [9.17, 15) is 9.59 Å². The molecule has 3 N–H and O–H groups in total. The van der Waals surface area contributed by atoms with Gasteiger partial charge in [-0.05, 0) is 63.9 Å². The van der Waals surface area contributed by atoms with E-state index in [1.54, 1.807) is 24.3 Å². The Balaban J connectivity index is 1.79. The molecule has 0 atom stereocenters. The van der Waals surface area contributed by atoms with Crippen molar-refractivity contribution in [1.29, 1.82) is 0 Å². The molecule has 0 aliphatic carbocycles. The first-order valence-corrected chi connectivity index (χ1v) is 9.12. The van der Waals surface area contributed by atoms with E-state index in [2.05, 4.69) is 27.8 Å².